The van der Waals surface area contributed by atoms with E-state index in [-0.39, 0.29) is 0 Å². The highest BCUT2D eigenvalue weighted by atomic mass is 16.5. The van der Waals surface area contributed by atoms with Crippen LogP contribution in [0.25, 0.3) is 11.1 Å². The second kappa shape index (κ2) is 5.45. The van der Waals surface area contributed by atoms with Gasteiger partial charge in [-0.1, -0.05) is 30.3 Å². The van der Waals surface area contributed by atoms with E-state index in [0.29, 0.717) is 6.04 Å². The summed E-state index contributed by atoms with van der Waals surface area (Å²) in [5.74, 6) is 0.902. The van der Waals surface area contributed by atoms with Crippen LogP contribution in [0.4, 0.5) is 11.4 Å². The molecule has 0 saturated heterocycles. The van der Waals surface area contributed by atoms with Crippen LogP contribution in [-0.2, 0) is 0 Å². The van der Waals surface area contributed by atoms with Crippen LogP contribution in [-0.4, -0.2) is 19.7 Å². The number of anilines is 2. The monoisotopic (exact) mass is 268 g/mol. The minimum Gasteiger partial charge on any atom is -0.496 e. The molecule has 3 heteroatoms. The Kier molecular flexibility index (Phi) is 3.50. The first kappa shape index (κ1) is 12.9. The average Bonchev–Trinajstić information content (AvgIpc) is 2.67. The number of methoxy groups -OCH3 is 1. The number of ether oxygens (including phenoxy) is 1. The molecule has 20 heavy (non-hydrogen) atoms. The smallest absolute Gasteiger partial charge is 0.126 e. The van der Waals surface area contributed by atoms with Gasteiger partial charge in [0.1, 0.15) is 5.75 Å². The second-order valence-electron chi connectivity index (χ2n) is 5.19. The van der Waals surface area contributed by atoms with Gasteiger partial charge in [-0.15, -0.1) is 0 Å². The van der Waals surface area contributed by atoms with Crippen molar-refractivity contribution in [2.45, 2.75) is 19.4 Å². The molecule has 0 amide bonds. The predicted octanol–water partition coefficient (Wildman–Crippen LogP) is 3.98. The summed E-state index contributed by atoms with van der Waals surface area (Å²) >= 11 is 0. The van der Waals surface area contributed by atoms with Gasteiger partial charge in [-0.3, -0.25) is 0 Å². The standard InChI is InChI=1S/C17H20N2O/c1-12-10-11-18-15-8-5-7-14(17(15)19-12)13-6-3-4-9-16(13)20-2/h3-9,12,18-19H,10-11H2,1-2H3/t12-/m1/s1. The van der Waals surface area contributed by atoms with Crippen LogP contribution in [0.2, 0.25) is 0 Å². The molecule has 2 N–H and O–H groups in total. The lowest BCUT2D eigenvalue weighted by Crippen LogP contribution is -2.15. The summed E-state index contributed by atoms with van der Waals surface area (Å²) in [6.07, 6.45) is 1.11. The minimum atomic E-state index is 0.458. The number of hydrogen-bond donors (Lipinski definition) is 2. The first-order chi connectivity index (χ1) is 9.79. The van der Waals surface area contributed by atoms with Crippen molar-refractivity contribution < 1.29 is 4.74 Å². The molecule has 0 fully saturated rings. The number of fused-ring (bicyclic) bond motifs is 1. The SMILES string of the molecule is COc1ccccc1-c1cccc2c1N[C@H](C)CCN2. The molecule has 0 bridgehead atoms. The van der Waals surface area contributed by atoms with Crippen molar-refractivity contribution in [2.24, 2.45) is 0 Å². The Morgan fingerprint density at radius 3 is 2.70 bits per heavy atom. The van der Waals surface area contributed by atoms with E-state index in [9.17, 15) is 0 Å². The van der Waals surface area contributed by atoms with Gasteiger partial charge < -0.3 is 15.4 Å². The summed E-state index contributed by atoms with van der Waals surface area (Å²) in [6, 6.07) is 15.0. The third-order valence-electron chi connectivity index (χ3n) is 3.75. The van der Waals surface area contributed by atoms with Gasteiger partial charge in [0.25, 0.3) is 0 Å². The first-order valence-corrected chi connectivity index (χ1v) is 7.06. The molecule has 0 unspecified atom stereocenters. The maximum Gasteiger partial charge on any atom is 0.126 e. The molecule has 0 radical (unpaired) electrons. The average molecular weight is 268 g/mol. The zero-order valence-corrected chi connectivity index (χ0v) is 11.9. The zero-order valence-electron chi connectivity index (χ0n) is 11.9. The van der Waals surface area contributed by atoms with Crippen LogP contribution in [0.5, 0.6) is 5.75 Å². The molecular formula is C17H20N2O. The third kappa shape index (κ3) is 2.31. The van der Waals surface area contributed by atoms with E-state index in [4.69, 9.17) is 4.74 Å². The van der Waals surface area contributed by atoms with Crippen molar-refractivity contribution in [3.05, 3.63) is 42.5 Å². The molecule has 0 spiro atoms. The Balaban J connectivity index is 2.15. The van der Waals surface area contributed by atoms with Crippen molar-refractivity contribution in [3.8, 4) is 16.9 Å². The summed E-state index contributed by atoms with van der Waals surface area (Å²) in [6.45, 7) is 3.21. The number of benzene rings is 2. The van der Waals surface area contributed by atoms with Gasteiger partial charge in [-0.25, -0.2) is 0 Å². The molecule has 0 saturated carbocycles. The maximum absolute atomic E-state index is 5.50. The van der Waals surface area contributed by atoms with Crippen LogP contribution < -0.4 is 15.4 Å². The lowest BCUT2D eigenvalue weighted by Gasteiger charge is -2.18. The van der Waals surface area contributed by atoms with Gasteiger partial charge >= 0.3 is 0 Å². The summed E-state index contributed by atoms with van der Waals surface area (Å²) < 4.78 is 5.50. The highest BCUT2D eigenvalue weighted by Crippen LogP contribution is 2.40. The van der Waals surface area contributed by atoms with Gasteiger partial charge in [0.15, 0.2) is 0 Å². The van der Waals surface area contributed by atoms with Gasteiger partial charge in [0.05, 0.1) is 18.5 Å². The molecular weight excluding hydrogens is 248 g/mol. The minimum absolute atomic E-state index is 0.458. The quantitative estimate of drug-likeness (QED) is 0.864. The van der Waals surface area contributed by atoms with E-state index in [1.54, 1.807) is 7.11 Å². The summed E-state index contributed by atoms with van der Waals surface area (Å²) in [7, 11) is 1.72. The Labute approximate surface area is 120 Å². The zero-order chi connectivity index (χ0) is 13.9. The van der Waals surface area contributed by atoms with E-state index in [1.165, 1.54) is 11.3 Å². The molecule has 0 aliphatic carbocycles. The number of hydrogen-bond acceptors (Lipinski definition) is 3. The Hall–Kier alpha value is -2.16. The molecule has 1 aliphatic heterocycles. The molecule has 0 aromatic heterocycles. The van der Waals surface area contributed by atoms with Crippen molar-refractivity contribution in [1.82, 2.24) is 0 Å². The van der Waals surface area contributed by atoms with E-state index in [1.807, 2.05) is 18.2 Å². The third-order valence-corrected chi connectivity index (χ3v) is 3.75. The Bertz CT molecular complexity index is 610. The van der Waals surface area contributed by atoms with Crippen LogP contribution in [0.1, 0.15) is 13.3 Å². The Morgan fingerprint density at radius 2 is 1.85 bits per heavy atom. The van der Waals surface area contributed by atoms with Gasteiger partial charge in [0, 0.05) is 23.7 Å². The van der Waals surface area contributed by atoms with Crippen molar-refractivity contribution in [1.29, 1.82) is 0 Å². The van der Waals surface area contributed by atoms with Crippen LogP contribution in [0.15, 0.2) is 42.5 Å². The maximum atomic E-state index is 5.50. The van der Waals surface area contributed by atoms with Gasteiger partial charge in [-0.05, 0) is 25.5 Å². The van der Waals surface area contributed by atoms with Crippen molar-refractivity contribution in [3.63, 3.8) is 0 Å². The highest BCUT2D eigenvalue weighted by molar-refractivity contribution is 5.89. The second-order valence-corrected chi connectivity index (χ2v) is 5.19. The fraction of sp³-hybridized carbons (Fsp3) is 0.294. The summed E-state index contributed by atoms with van der Waals surface area (Å²) in [5.41, 5.74) is 4.64. The summed E-state index contributed by atoms with van der Waals surface area (Å²) in [4.78, 5) is 0. The number of rotatable bonds is 2. The van der Waals surface area contributed by atoms with E-state index in [0.717, 1.165) is 30.0 Å². The molecule has 2 aromatic rings. The normalized spacial score (nSPS) is 17.4. The largest absolute Gasteiger partial charge is 0.496 e. The molecule has 2 aromatic carbocycles. The van der Waals surface area contributed by atoms with Crippen molar-refractivity contribution >= 4 is 11.4 Å². The molecule has 1 heterocycles. The Morgan fingerprint density at radius 1 is 1.05 bits per heavy atom. The topological polar surface area (TPSA) is 33.3 Å². The van der Waals surface area contributed by atoms with Crippen LogP contribution in [0.3, 0.4) is 0 Å². The highest BCUT2D eigenvalue weighted by Gasteiger charge is 2.17. The molecule has 1 atom stereocenters. The lowest BCUT2D eigenvalue weighted by molar-refractivity contribution is 0.416. The van der Waals surface area contributed by atoms with Crippen molar-refractivity contribution in [2.75, 3.05) is 24.3 Å². The fourth-order valence-corrected chi connectivity index (χ4v) is 2.69. The van der Waals surface area contributed by atoms with Crippen LogP contribution >= 0.6 is 0 Å². The van der Waals surface area contributed by atoms with Gasteiger partial charge in [0.2, 0.25) is 0 Å². The van der Waals surface area contributed by atoms with Gasteiger partial charge in [-0.2, -0.15) is 0 Å². The molecule has 3 nitrogen and oxygen atoms in total. The first-order valence-electron chi connectivity index (χ1n) is 7.06. The summed E-state index contributed by atoms with van der Waals surface area (Å²) in [5, 5.41) is 7.12. The lowest BCUT2D eigenvalue weighted by atomic mass is 10.0. The number of nitrogens with one attached hydrogen (secondary N) is 2. The number of para-hydroxylation sites is 2. The van der Waals surface area contributed by atoms with E-state index >= 15 is 0 Å². The predicted molar refractivity (Wildman–Crippen MR) is 84.6 cm³/mol. The van der Waals surface area contributed by atoms with E-state index < -0.39 is 0 Å². The fourth-order valence-electron chi connectivity index (χ4n) is 2.69. The van der Waals surface area contributed by atoms with E-state index in [2.05, 4.69) is 41.8 Å². The molecule has 1 aliphatic rings. The van der Waals surface area contributed by atoms with Crippen LogP contribution in [0, 0.1) is 0 Å². The molecule has 104 valence electrons. The molecule has 3 rings (SSSR count).